The summed E-state index contributed by atoms with van der Waals surface area (Å²) in [6.45, 7) is 4.00. The first kappa shape index (κ1) is 17.5. The molecule has 5 heteroatoms. The van der Waals surface area contributed by atoms with E-state index in [1.165, 1.54) is 6.20 Å². The van der Waals surface area contributed by atoms with E-state index in [1.807, 2.05) is 62.4 Å². The van der Waals surface area contributed by atoms with E-state index in [-0.39, 0.29) is 12.0 Å². The number of aromatic nitrogens is 1. The van der Waals surface area contributed by atoms with Crippen molar-refractivity contribution in [2.45, 2.75) is 20.0 Å². The number of nitrogens with zero attached hydrogens (tertiary/aromatic N) is 1. The molecule has 0 radical (unpaired) electrons. The van der Waals surface area contributed by atoms with E-state index in [0.29, 0.717) is 5.56 Å². The lowest BCUT2D eigenvalue weighted by atomic mass is 10.2. The SMILES string of the molecule is CC(C)Oc1ccc(Nc2ccc(NC(=O)c3cccnc3)cc2)cc1. The molecule has 0 bridgehead atoms. The van der Waals surface area contributed by atoms with Crippen LogP contribution in [0.25, 0.3) is 0 Å². The first-order valence-corrected chi connectivity index (χ1v) is 8.45. The lowest BCUT2D eigenvalue weighted by molar-refractivity contribution is 0.102. The molecule has 0 saturated heterocycles. The van der Waals surface area contributed by atoms with Gasteiger partial charge in [-0.3, -0.25) is 9.78 Å². The average Bonchev–Trinajstić information content (AvgIpc) is 2.65. The summed E-state index contributed by atoms with van der Waals surface area (Å²) in [6.07, 6.45) is 3.33. The molecule has 132 valence electrons. The normalized spacial score (nSPS) is 10.4. The lowest BCUT2D eigenvalue weighted by Crippen LogP contribution is -2.11. The molecule has 0 aliphatic heterocycles. The second-order valence-electron chi connectivity index (χ2n) is 6.09. The summed E-state index contributed by atoms with van der Waals surface area (Å²) in [5.41, 5.74) is 3.15. The summed E-state index contributed by atoms with van der Waals surface area (Å²) in [7, 11) is 0. The zero-order valence-electron chi connectivity index (χ0n) is 14.8. The van der Waals surface area contributed by atoms with Crippen LogP contribution in [-0.4, -0.2) is 17.0 Å². The van der Waals surface area contributed by atoms with Gasteiger partial charge < -0.3 is 15.4 Å². The highest BCUT2D eigenvalue weighted by molar-refractivity contribution is 6.04. The van der Waals surface area contributed by atoms with Crippen molar-refractivity contribution in [2.75, 3.05) is 10.6 Å². The quantitative estimate of drug-likeness (QED) is 0.668. The van der Waals surface area contributed by atoms with Crippen LogP contribution in [-0.2, 0) is 0 Å². The highest BCUT2D eigenvalue weighted by Gasteiger charge is 2.05. The van der Waals surface area contributed by atoms with Crippen molar-refractivity contribution in [3.63, 3.8) is 0 Å². The van der Waals surface area contributed by atoms with Crippen molar-refractivity contribution in [2.24, 2.45) is 0 Å². The van der Waals surface area contributed by atoms with Crippen molar-refractivity contribution in [1.82, 2.24) is 4.98 Å². The Bertz CT molecular complexity index is 845. The van der Waals surface area contributed by atoms with Crippen LogP contribution in [0.4, 0.5) is 17.1 Å². The van der Waals surface area contributed by atoms with Crippen LogP contribution < -0.4 is 15.4 Å². The summed E-state index contributed by atoms with van der Waals surface area (Å²) in [4.78, 5) is 16.1. The molecular weight excluding hydrogens is 326 g/mol. The van der Waals surface area contributed by atoms with Gasteiger partial charge in [0.2, 0.25) is 0 Å². The van der Waals surface area contributed by atoms with E-state index in [9.17, 15) is 4.79 Å². The second kappa shape index (κ2) is 8.16. The predicted molar refractivity (Wildman–Crippen MR) is 104 cm³/mol. The fraction of sp³-hybridized carbons (Fsp3) is 0.143. The number of amides is 1. The number of benzene rings is 2. The van der Waals surface area contributed by atoms with Gasteiger partial charge >= 0.3 is 0 Å². The summed E-state index contributed by atoms with van der Waals surface area (Å²) < 4.78 is 5.64. The van der Waals surface area contributed by atoms with E-state index < -0.39 is 0 Å². The van der Waals surface area contributed by atoms with Crippen LogP contribution in [0.1, 0.15) is 24.2 Å². The van der Waals surface area contributed by atoms with Gasteiger partial charge in [0.05, 0.1) is 11.7 Å². The van der Waals surface area contributed by atoms with E-state index in [1.54, 1.807) is 18.3 Å². The van der Waals surface area contributed by atoms with Gasteiger partial charge in [-0.1, -0.05) is 0 Å². The van der Waals surface area contributed by atoms with E-state index in [0.717, 1.165) is 22.8 Å². The van der Waals surface area contributed by atoms with E-state index >= 15 is 0 Å². The van der Waals surface area contributed by atoms with Crippen molar-refractivity contribution < 1.29 is 9.53 Å². The maximum atomic E-state index is 12.1. The molecule has 3 rings (SSSR count). The third kappa shape index (κ3) is 4.83. The van der Waals surface area contributed by atoms with Crippen LogP contribution >= 0.6 is 0 Å². The zero-order valence-corrected chi connectivity index (χ0v) is 14.8. The van der Waals surface area contributed by atoms with Crippen LogP contribution in [0.3, 0.4) is 0 Å². The van der Waals surface area contributed by atoms with Gasteiger partial charge in [0.25, 0.3) is 5.91 Å². The number of ether oxygens (including phenoxy) is 1. The monoisotopic (exact) mass is 347 g/mol. The van der Waals surface area contributed by atoms with Gasteiger partial charge in [0, 0.05) is 29.5 Å². The number of anilines is 3. The molecule has 0 spiro atoms. The molecule has 0 fully saturated rings. The zero-order chi connectivity index (χ0) is 18.4. The number of nitrogens with one attached hydrogen (secondary N) is 2. The molecule has 2 N–H and O–H groups in total. The lowest BCUT2D eigenvalue weighted by Gasteiger charge is -2.11. The minimum atomic E-state index is -0.181. The number of carbonyl (C=O) groups excluding carboxylic acids is 1. The molecule has 0 unspecified atom stereocenters. The smallest absolute Gasteiger partial charge is 0.257 e. The molecule has 1 aromatic heterocycles. The molecule has 26 heavy (non-hydrogen) atoms. The number of rotatable bonds is 6. The number of hydrogen-bond donors (Lipinski definition) is 2. The Morgan fingerprint density at radius 2 is 1.54 bits per heavy atom. The standard InChI is InChI=1S/C21H21N3O2/c1-15(2)26-20-11-9-18(10-12-20)23-17-5-7-19(8-6-17)24-21(25)16-4-3-13-22-14-16/h3-15,23H,1-2H3,(H,24,25). The Labute approximate surface area is 153 Å². The highest BCUT2D eigenvalue weighted by atomic mass is 16.5. The maximum Gasteiger partial charge on any atom is 0.257 e. The Hall–Kier alpha value is -3.34. The Balaban J connectivity index is 1.60. The third-order valence-electron chi connectivity index (χ3n) is 3.58. The Kier molecular flexibility index (Phi) is 5.49. The van der Waals surface area contributed by atoms with E-state index in [4.69, 9.17) is 4.74 Å². The van der Waals surface area contributed by atoms with Crippen LogP contribution in [0.15, 0.2) is 73.1 Å². The van der Waals surface area contributed by atoms with E-state index in [2.05, 4.69) is 15.6 Å². The first-order valence-electron chi connectivity index (χ1n) is 8.45. The molecule has 2 aromatic carbocycles. The van der Waals surface area contributed by atoms with Gasteiger partial charge in [-0.15, -0.1) is 0 Å². The van der Waals surface area contributed by atoms with Gasteiger partial charge in [-0.2, -0.15) is 0 Å². The number of pyridine rings is 1. The van der Waals surface area contributed by atoms with Gasteiger partial charge in [-0.25, -0.2) is 0 Å². The Morgan fingerprint density at radius 1 is 0.923 bits per heavy atom. The van der Waals surface area contributed by atoms with Crippen LogP contribution in [0.2, 0.25) is 0 Å². The summed E-state index contributed by atoms with van der Waals surface area (Å²) in [5.74, 6) is 0.665. The molecular formula is C21H21N3O2. The minimum Gasteiger partial charge on any atom is -0.491 e. The summed E-state index contributed by atoms with van der Waals surface area (Å²) >= 11 is 0. The third-order valence-corrected chi connectivity index (χ3v) is 3.58. The fourth-order valence-electron chi connectivity index (χ4n) is 2.39. The van der Waals surface area contributed by atoms with Crippen LogP contribution in [0, 0.1) is 0 Å². The molecule has 1 heterocycles. The minimum absolute atomic E-state index is 0.156. The van der Waals surface area contributed by atoms with Crippen molar-refractivity contribution in [1.29, 1.82) is 0 Å². The number of hydrogen-bond acceptors (Lipinski definition) is 4. The van der Waals surface area contributed by atoms with Gasteiger partial charge in [-0.05, 0) is 74.5 Å². The fourth-order valence-corrected chi connectivity index (χ4v) is 2.39. The average molecular weight is 347 g/mol. The topological polar surface area (TPSA) is 63.2 Å². The largest absolute Gasteiger partial charge is 0.491 e. The van der Waals surface area contributed by atoms with Crippen molar-refractivity contribution in [3.8, 4) is 5.75 Å². The molecule has 0 aliphatic carbocycles. The molecule has 0 aliphatic rings. The molecule has 5 nitrogen and oxygen atoms in total. The Morgan fingerprint density at radius 3 is 2.12 bits per heavy atom. The molecule has 3 aromatic rings. The summed E-state index contributed by atoms with van der Waals surface area (Å²) in [6, 6.07) is 18.8. The van der Waals surface area contributed by atoms with Crippen LogP contribution in [0.5, 0.6) is 5.75 Å². The molecule has 0 atom stereocenters. The predicted octanol–water partition coefficient (Wildman–Crippen LogP) is 4.86. The molecule has 1 amide bonds. The summed E-state index contributed by atoms with van der Waals surface area (Å²) in [5, 5.41) is 6.17. The maximum absolute atomic E-state index is 12.1. The molecule has 0 saturated carbocycles. The van der Waals surface area contributed by atoms with Gasteiger partial charge in [0.15, 0.2) is 0 Å². The van der Waals surface area contributed by atoms with Gasteiger partial charge in [0.1, 0.15) is 5.75 Å². The number of carbonyl (C=O) groups is 1. The van der Waals surface area contributed by atoms with Crippen molar-refractivity contribution in [3.05, 3.63) is 78.6 Å². The first-order chi connectivity index (χ1) is 12.6. The second-order valence-corrected chi connectivity index (χ2v) is 6.09. The highest BCUT2D eigenvalue weighted by Crippen LogP contribution is 2.22. The van der Waals surface area contributed by atoms with Crippen molar-refractivity contribution >= 4 is 23.0 Å².